The first-order valence-corrected chi connectivity index (χ1v) is 7.82. The van der Waals surface area contributed by atoms with E-state index in [2.05, 4.69) is 20.6 Å². The number of hydrogen-bond donors (Lipinski definition) is 2. The van der Waals surface area contributed by atoms with Crippen LogP contribution in [0, 0.1) is 6.92 Å². The zero-order chi connectivity index (χ0) is 16.6. The molecule has 2 unspecified atom stereocenters. The van der Waals surface area contributed by atoms with Crippen LogP contribution in [0.3, 0.4) is 0 Å². The minimum atomic E-state index is -0.283. The van der Waals surface area contributed by atoms with Crippen LogP contribution in [0.15, 0.2) is 6.20 Å². The van der Waals surface area contributed by atoms with E-state index in [0.29, 0.717) is 11.8 Å². The van der Waals surface area contributed by atoms with Crippen molar-refractivity contribution in [2.24, 2.45) is 0 Å². The van der Waals surface area contributed by atoms with Crippen LogP contribution in [-0.2, 0) is 9.59 Å². The summed E-state index contributed by atoms with van der Waals surface area (Å²) in [6.45, 7) is 3.37. The van der Waals surface area contributed by atoms with Crippen molar-refractivity contribution in [2.45, 2.75) is 31.8 Å². The molecule has 2 aliphatic heterocycles. The monoisotopic (exact) mass is 318 g/mol. The maximum atomic E-state index is 12.0. The number of rotatable bonds is 4. The molecule has 8 nitrogen and oxygen atoms in total. The molecule has 0 aliphatic carbocycles. The lowest BCUT2D eigenvalue weighted by Crippen LogP contribution is -2.32. The summed E-state index contributed by atoms with van der Waals surface area (Å²) in [7, 11) is 3.58. The van der Waals surface area contributed by atoms with Crippen molar-refractivity contribution >= 4 is 23.6 Å². The highest BCUT2D eigenvalue weighted by Gasteiger charge is 2.31. The van der Waals surface area contributed by atoms with Crippen LogP contribution in [0.25, 0.3) is 0 Å². The molecule has 1 aromatic heterocycles. The van der Waals surface area contributed by atoms with Gasteiger partial charge >= 0.3 is 0 Å². The third-order valence-corrected chi connectivity index (χ3v) is 4.44. The fourth-order valence-corrected chi connectivity index (χ4v) is 2.89. The van der Waals surface area contributed by atoms with Crippen LogP contribution in [-0.4, -0.2) is 70.9 Å². The summed E-state index contributed by atoms with van der Waals surface area (Å²) in [5.41, 5.74) is 0.868. The van der Waals surface area contributed by atoms with Crippen LogP contribution in [0.2, 0.25) is 0 Å². The first-order valence-electron chi connectivity index (χ1n) is 7.82. The summed E-state index contributed by atoms with van der Waals surface area (Å²) in [4.78, 5) is 36.1. The highest BCUT2D eigenvalue weighted by Crippen LogP contribution is 2.20. The molecule has 2 amide bonds. The van der Waals surface area contributed by atoms with Gasteiger partial charge in [-0.15, -0.1) is 0 Å². The summed E-state index contributed by atoms with van der Waals surface area (Å²) in [6.07, 6.45) is 3.19. The highest BCUT2D eigenvalue weighted by molar-refractivity contribution is 5.87. The molecule has 2 saturated heterocycles. The molecule has 3 rings (SSSR count). The average molecular weight is 318 g/mol. The molecule has 1 aromatic rings. The number of hydrogen-bond acceptors (Lipinski definition) is 6. The minimum Gasteiger partial charge on any atom is -0.358 e. The highest BCUT2D eigenvalue weighted by atomic mass is 16.2. The number of nitrogens with one attached hydrogen (secondary N) is 2. The number of aryl methyl sites for hydroxylation is 1. The smallest absolute Gasteiger partial charge is 0.244 e. The summed E-state index contributed by atoms with van der Waals surface area (Å²) < 4.78 is 0. The van der Waals surface area contributed by atoms with Crippen LogP contribution < -0.4 is 10.6 Å². The number of carbonyl (C=O) groups is 2. The SMILES string of the molecule is Cc1cnc(NC2CCN(C)C2=O)nc1NC1CCN(C)C1=O. The Bertz CT molecular complexity index is 634. The van der Waals surface area contributed by atoms with E-state index in [1.165, 1.54) is 0 Å². The predicted octanol–water partition coefficient (Wildman–Crippen LogP) is 0.0702. The van der Waals surface area contributed by atoms with Crippen molar-refractivity contribution in [3.63, 3.8) is 0 Å². The number of carbonyl (C=O) groups excluding carboxylic acids is 2. The molecular weight excluding hydrogens is 296 g/mol. The Hall–Kier alpha value is -2.38. The van der Waals surface area contributed by atoms with E-state index in [0.717, 1.165) is 31.5 Å². The maximum Gasteiger partial charge on any atom is 0.244 e. The Kier molecular flexibility index (Phi) is 4.06. The molecular formula is C15H22N6O2. The molecule has 0 saturated carbocycles. The van der Waals surface area contributed by atoms with Gasteiger partial charge in [-0.2, -0.15) is 4.98 Å². The Labute approximate surface area is 135 Å². The normalized spacial score (nSPS) is 24.5. The van der Waals surface area contributed by atoms with Crippen molar-refractivity contribution in [3.8, 4) is 0 Å². The third kappa shape index (κ3) is 3.06. The Balaban J connectivity index is 1.72. The van der Waals surface area contributed by atoms with Gasteiger partial charge in [0.05, 0.1) is 0 Å². The van der Waals surface area contributed by atoms with Crippen LogP contribution in [0.4, 0.5) is 11.8 Å². The van der Waals surface area contributed by atoms with Crippen LogP contribution >= 0.6 is 0 Å². The molecule has 0 spiro atoms. The summed E-state index contributed by atoms with van der Waals surface area (Å²) in [6, 6.07) is -0.532. The van der Waals surface area contributed by atoms with Gasteiger partial charge in [0.15, 0.2) is 0 Å². The molecule has 0 radical (unpaired) electrons. The number of amides is 2. The van der Waals surface area contributed by atoms with E-state index in [-0.39, 0.29) is 23.9 Å². The van der Waals surface area contributed by atoms with Crippen molar-refractivity contribution in [1.29, 1.82) is 0 Å². The minimum absolute atomic E-state index is 0.0521. The van der Waals surface area contributed by atoms with E-state index >= 15 is 0 Å². The molecule has 2 fully saturated rings. The van der Waals surface area contributed by atoms with Gasteiger partial charge < -0.3 is 20.4 Å². The van der Waals surface area contributed by atoms with Gasteiger partial charge in [0.25, 0.3) is 0 Å². The van der Waals surface area contributed by atoms with E-state index in [9.17, 15) is 9.59 Å². The summed E-state index contributed by atoms with van der Waals surface area (Å²) >= 11 is 0. The van der Waals surface area contributed by atoms with Gasteiger partial charge in [-0.1, -0.05) is 0 Å². The predicted molar refractivity (Wildman–Crippen MR) is 86.1 cm³/mol. The Morgan fingerprint density at radius 3 is 2.13 bits per heavy atom. The molecule has 2 aliphatic rings. The molecule has 3 heterocycles. The quantitative estimate of drug-likeness (QED) is 0.816. The molecule has 2 atom stereocenters. The van der Waals surface area contributed by atoms with Crippen molar-refractivity contribution in [2.75, 3.05) is 37.8 Å². The second-order valence-corrected chi connectivity index (χ2v) is 6.22. The largest absolute Gasteiger partial charge is 0.358 e. The first kappa shape index (κ1) is 15.5. The second-order valence-electron chi connectivity index (χ2n) is 6.22. The van der Waals surface area contributed by atoms with Crippen molar-refractivity contribution in [3.05, 3.63) is 11.8 Å². The number of likely N-dealkylation sites (N-methyl/N-ethyl adjacent to an activating group) is 2. The average Bonchev–Trinajstić information content (AvgIpc) is 3.01. The van der Waals surface area contributed by atoms with Crippen molar-refractivity contribution < 1.29 is 9.59 Å². The van der Waals surface area contributed by atoms with Gasteiger partial charge in [0.2, 0.25) is 17.8 Å². The lowest BCUT2D eigenvalue weighted by atomic mass is 10.2. The topological polar surface area (TPSA) is 90.5 Å². The van der Waals surface area contributed by atoms with Gasteiger partial charge in [0, 0.05) is 38.9 Å². The standard InChI is InChI=1S/C15H22N6O2/c1-9-8-16-15(18-11-5-7-21(3)14(11)23)19-12(9)17-10-4-6-20(2)13(10)22/h8,10-11H,4-7H2,1-3H3,(H2,16,17,18,19). The molecule has 23 heavy (non-hydrogen) atoms. The lowest BCUT2D eigenvalue weighted by molar-refractivity contribution is -0.127. The van der Waals surface area contributed by atoms with Gasteiger partial charge in [0.1, 0.15) is 17.9 Å². The summed E-state index contributed by atoms with van der Waals surface area (Å²) in [5.74, 6) is 1.17. The maximum absolute atomic E-state index is 12.0. The second kappa shape index (κ2) is 6.02. The molecule has 0 bridgehead atoms. The lowest BCUT2D eigenvalue weighted by Gasteiger charge is -2.16. The van der Waals surface area contributed by atoms with Gasteiger partial charge in [-0.3, -0.25) is 9.59 Å². The molecule has 124 valence electrons. The molecule has 8 heteroatoms. The van der Waals surface area contributed by atoms with Crippen LogP contribution in [0.5, 0.6) is 0 Å². The zero-order valence-corrected chi connectivity index (χ0v) is 13.7. The molecule has 2 N–H and O–H groups in total. The van der Waals surface area contributed by atoms with Crippen LogP contribution in [0.1, 0.15) is 18.4 Å². The van der Waals surface area contributed by atoms with Gasteiger partial charge in [-0.25, -0.2) is 4.98 Å². The molecule has 0 aromatic carbocycles. The third-order valence-electron chi connectivity index (χ3n) is 4.44. The summed E-state index contributed by atoms with van der Waals surface area (Å²) in [5, 5.41) is 6.28. The number of nitrogens with zero attached hydrogens (tertiary/aromatic N) is 4. The number of likely N-dealkylation sites (tertiary alicyclic amines) is 2. The fourth-order valence-electron chi connectivity index (χ4n) is 2.89. The van der Waals surface area contributed by atoms with E-state index in [4.69, 9.17) is 0 Å². The van der Waals surface area contributed by atoms with E-state index in [1.807, 2.05) is 6.92 Å². The fraction of sp³-hybridized carbons (Fsp3) is 0.600. The number of anilines is 2. The van der Waals surface area contributed by atoms with E-state index in [1.54, 1.807) is 30.1 Å². The van der Waals surface area contributed by atoms with Gasteiger partial charge in [-0.05, 0) is 19.8 Å². The number of aromatic nitrogens is 2. The Morgan fingerprint density at radius 2 is 1.61 bits per heavy atom. The Morgan fingerprint density at radius 1 is 1.04 bits per heavy atom. The zero-order valence-electron chi connectivity index (χ0n) is 13.7. The van der Waals surface area contributed by atoms with E-state index < -0.39 is 0 Å². The van der Waals surface area contributed by atoms with Crippen molar-refractivity contribution in [1.82, 2.24) is 19.8 Å². The first-order chi connectivity index (χ1) is 11.0.